The van der Waals surface area contributed by atoms with Gasteiger partial charge >= 0.3 is 11.9 Å². The van der Waals surface area contributed by atoms with Crippen LogP contribution in [0.2, 0.25) is 0 Å². The van der Waals surface area contributed by atoms with E-state index in [9.17, 15) is 19.8 Å². The standard InChI is InChI=1S/C17H22O5/c1-11(2)17(15(18)19,16(20)21)12(3)5-6-13-7-9-14(22-4)10-8-13/h5-12H,1-4H3,(H,18,19)(H,20,21). The number of benzene rings is 1. The fourth-order valence-electron chi connectivity index (χ4n) is 2.62. The van der Waals surface area contributed by atoms with Gasteiger partial charge in [-0.2, -0.15) is 0 Å². The number of allylic oxidation sites excluding steroid dienone is 1. The van der Waals surface area contributed by atoms with Crippen LogP contribution in [0.25, 0.3) is 6.08 Å². The smallest absolute Gasteiger partial charge is 0.321 e. The van der Waals surface area contributed by atoms with Gasteiger partial charge < -0.3 is 14.9 Å². The van der Waals surface area contributed by atoms with Gasteiger partial charge in [0.2, 0.25) is 0 Å². The Balaban J connectivity index is 3.09. The Morgan fingerprint density at radius 3 is 1.95 bits per heavy atom. The zero-order valence-electron chi connectivity index (χ0n) is 13.2. The zero-order valence-corrected chi connectivity index (χ0v) is 13.2. The van der Waals surface area contributed by atoms with Crippen molar-refractivity contribution in [2.24, 2.45) is 17.3 Å². The topological polar surface area (TPSA) is 83.8 Å². The Bertz CT molecular complexity index is 543. The predicted molar refractivity (Wildman–Crippen MR) is 83.7 cm³/mol. The lowest BCUT2D eigenvalue weighted by Gasteiger charge is -2.33. The summed E-state index contributed by atoms with van der Waals surface area (Å²) in [5, 5.41) is 18.9. The number of carboxylic acids is 2. The molecule has 5 heteroatoms. The van der Waals surface area contributed by atoms with Crippen LogP contribution in [0.15, 0.2) is 30.3 Å². The van der Waals surface area contributed by atoms with Gasteiger partial charge in [0, 0.05) is 5.92 Å². The van der Waals surface area contributed by atoms with Crippen LogP contribution < -0.4 is 4.74 Å². The molecule has 0 bridgehead atoms. The van der Waals surface area contributed by atoms with Crippen molar-refractivity contribution in [3.8, 4) is 5.75 Å². The minimum absolute atomic E-state index is 0.544. The molecule has 0 aliphatic carbocycles. The van der Waals surface area contributed by atoms with E-state index in [4.69, 9.17) is 4.74 Å². The Morgan fingerprint density at radius 2 is 1.59 bits per heavy atom. The monoisotopic (exact) mass is 306 g/mol. The van der Waals surface area contributed by atoms with E-state index in [2.05, 4.69) is 0 Å². The number of ether oxygens (including phenoxy) is 1. The fourth-order valence-corrected chi connectivity index (χ4v) is 2.62. The zero-order chi connectivity index (χ0) is 16.9. The number of hydrogen-bond acceptors (Lipinski definition) is 3. The van der Waals surface area contributed by atoms with Crippen molar-refractivity contribution in [1.29, 1.82) is 0 Å². The molecule has 1 unspecified atom stereocenters. The van der Waals surface area contributed by atoms with Crippen LogP contribution in [0.3, 0.4) is 0 Å². The Kier molecular flexibility index (Phi) is 5.74. The molecule has 0 spiro atoms. The Hall–Kier alpha value is -2.30. The summed E-state index contributed by atoms with van der Waals surface area (Å²) in [5.41, 5.74) is -0.996. The van der Waals surface area contributed by atoms with Crippen molar-refractivity contribution in [3.05, 3.63) is 35.9 Å². The number of methoxy groups -OCH3 is 1. The van der Waals surface area contributed by atoms with E-state index in [1.807, 2.05) is 12.1 Å². The average Bonchev–Trinajstić information content (AvgIpc) is 2.45. The van der Waals surface area contributed by atoms with Crippen LogP contribution >= 0.6 is 0 Å². The predicted octanol–water partition coefficient (Wildman–Crippen LogP) is 3.16. The molecule has 0 amide bonds. The molecule has 1 rings (SSSR count). The van der Waals surface area contributed by atoms with E-state index >= 15 is 0 Å². The SMILES string of the molecule is COc1ccc(C=CC(C)C(C(=O)O)(C(=O)O)C(C)C)cc1. The first-order valence-electron chi connectivity index (χ1n) is 7.05. The quantitative estimate of drug-likeness (QED) is 0.756. The van der Waals surface area contributed by atoms with Crippen LogP contribution in [-0.4, -0.2) is 29.3 Å². The van der Waals surface area contributed by atoms with Crippen molar-refractivity contribution in [1.82, 2.24) is 0 Å². The molecule has 22 heavy (non-hydrogen) atoms. The van der Waals surface area contributed by atoms with Crippen molar-refractivity contribution >= 4 is 18.0 Å². The molecule has 0 saturated carbocycles. The van der Waals surface area contributed by atoms with E-state index in [0.29, 0.717) is 0 Å². The molecule has 0 saturated heterocycles. The molecule has 0 aromatic heterocycles. The first kappa shape index (κ1) is 17.8. The van der Waals surface area contributed by atoms with Crippen LogP contribution in [0.4, 0.5) is 0 Å². The first-order chi connectivity index (χ1) is 10.3. The lowest BCUT2D eigenvalue weighted by atomic mass is 9.68. The molecule has 2 N–H and O–H groups in total. The number of hydrogen-bond donors (Lipinski definition) is 2. The highest BCUT2D eigenvalue weighted by atomic mass is 16.5. The number of carbonyl (C=O) groups is 2. The third-order valence-electron chi connectivity index (χ3n) is 4.03. The molecule has 0 aliphatic rings. The molecular formula is C17H22O5. The van der Waals surface area contributed by atoms with E-state index in [0.717, 1.165) is 11.3 Å². The second-order valence-electron chi connectivity index (χ2n) is 5.55. The highest BCUT2D eigenvalue weighted by Gasteiger charge is 2.52. The lowest BCUT2D eigenvalue weighted by molar-refractivity contribution is -0.171. The molecule has 5 nitrogen and oxygen atoms in total. The van der Waals surface area contributed by atoms with Crippen molar-refractivity contribution in [2.45, 2.75) is 20.8 Å². The third kappa shape index (κ3) is 3.30. The summed E-state index contributed by atoms with van der Waals surface area (Å²) in [6.07, 6.45) is 3.36. The normalized spacial score (nSPS) is 13.3. The van der Waals surface area contributed by atoms with E-state index in [1.165, 1.54) is 0 Å². The van der Waals surface area contributed by atoms with Gasteiger partial charge in [-0.1, -0.05) is 45.1 Å². The second-order valence-corrected chi connectivity index (χ2v) is 5.55. The average molecular weight is 306 g/mol. The van der Waals surface area contributed by atoms with Gasteiger partial charge in [-0.25, -0.2) is 0 Å². The van der Waals surface area contributed by atoms with Gasteiger partial charge in [0.25, 0.3) is 0 Å². The van der Waals surface area contributed by atoms with Gasteiger partial charge in [-0.05, 0) is 23.6 Å². The van der Waals surface area contributed by atoms with E-state index in [-0.39, 0.29) is 0 Å². The van der Waals surface area contributed by atoms with Crippen molar-refractivity contribution in [3.63, 3.8) is 0 Å². The van der Waals surface area contributed by atoms with Gasteiger partial charge in [-0.3, -0.25) is 9.59 Å². The fraction of sp³-hybridized carbons (Fsp3) is 0.412. The van der Waals surface area contributed by atoms with Crippen LogP contribution in [0.1, 0.15) is 26.3 Å². The number of aliphatic carboxylic acids is 2. The van der Waals surface area contributed by atoms with Gasteiger partial charge in [0.05, 0.1) is 7.11 Å². The van der Waals surface area contributed by atoms with Gasteiger partial charge in [0.1, 0.15) is 5.75 Å². The maximum atomic E-state index is 11.6. The molecule has 0 fully saturated rings. The summed E-state index contributed by atoms with van der Waals surface area (Å²) in [6, 6.07) is 7.21. The molecule has 1 aromatic carbocycles. The maximum Gasteiger partial charge on any atom is 0.321 e. The molecule has 0 radical (unpaired) electrons. The number of rotatable bonds is 7. The summed E-state index contributed by atoms with van der Waals surface area (Å²) >= 11 is 0. The molecule has 1 aromatic rings. The Morgan fingerprint density at radius 1 is 1.09 bits per heavy atom. The summed E-state index contributed by atoms with van der Waals surface area (Å²) in [5.74, 6) is -3.12. The van der Waals surface area contributed by atoms with Crippen LogP contribution in [0, 0.1) is 17.3 Å². The minimum atomic E-state index is -1.84. The molecule has 120 valence electrons. The third-order valence-corrected chi connectivity index (χ3v) is 4.03. The molecule has 0 heterocycles. The second kappa shape index (κ2) is 7.11. The summed E-state index contributed by atoms with van der Waals surface area (Å²) in [6.45, 7) is 4.84. The highest BCUT2D eigenvalue weighted by molar-refractivity contribution is 5.99. The van der Waals surface area contributed by atoms with Crippen LogP contribution in [-0.2, 0) is 9.59 Å². The summed E-state index contributed by atoms with van der Waals surface area (Å²) < 4.78 is 5.06. The largest absolute Gasteiger partial charge is 0.497 e. The van der Waals surface area contributed by atoms with E-state index < -0.39 is 29.2 Å². The van der Waals surface area contributed by atoms with Gasteiger partial charge in [-0.15, -0.1) is 0 Å². The molecule has 1 atom stereocenters. The van der Waals surface area contributed by atoms with E-state index in [1.54, 1.807) is 52.2 Å². The minimum Gasteiger partial charge on any atom is -0.497 e. The molecule has 0 aliphatic heterocycles. The first-order valence-corrected chi connectivity index (χ1v) is 7.05. The highest BCUT2D eigenvalue weighted by Crippen LogP contribution is 2.38. The number of carboxylic acid groups (broad SMARTS) is 2. The lowest BCUT2D eigenvalue weighted by Crippen LogP contribution is -2.48. The summed E-state index contributed by atoms with van der Waals surface area (Å²) in [7, 11) is 1.57. The van der Waals surface area contributed by atoms with Crippen molar-refractivity contribution < 1.29 is 24.5 Å². The maximum absolute atomic E-state index is 11.6. The summed E-state index contributed by atoms with van der Waals surface area (Å²) in [4.78, 5) is 23.2. The Labute approximate surface area is 130 Å². The van der Waals surface area contributed by atoms with Gasteiger partial charge in [0.15, 0.2) is 5.41 Å². The van der Waals surface area contributed by atoms with Crippen molar-refractivity contribution in [2.75, 3.05) is 7.11 Å². The van der Waals surface area contributed by atoms with Crippen LogP contribution in [0.5, 0.6) is 5.75 Å². The molecular weight excluding hydrogens is 284 g/mol.